The molecule has 0 bridgehead atoms. The number of unbranched alkanes of at least 4 members (excludes halogenated alkanes) is 1. The van der Waals surface area contributed by atoms with Gasteiger partial charge in [-0.1, -0.05) is 20.3 Å². The van der Waals surface area contributed by atoms with Crippen LogP contribution in [0.1, 0.15) is 31.6 Å². The molecule has 1 aromatic rings. The lowest BCUT2D eigenvalue weighted by Gasteiger charge is -2.19. The molecule has 0 spiro atoms. The van der Waals surface area contributed by atoms with E-state index in [2.05, 4.69) is 4.72 Å². The molecule has 1 N–H and O–H groups in total. The van der Waals surface area contributed by atoms with E-state index in [0.29, 0.717) is 6.54 Å². The molecule has 1 aromatic heterocycles. The van der Waals surface area contributed by atoms with Crippen molar-refractivity contribution in [3.05, 3.63) is 17.0 Å². The topological polar surface area (TPSA) is 83.6 Å². The average molecular weight is 369 g/mol. The van der Waals surface area contributed by atoms with Crippen molar-refractivity contribution in [3.8, 4) is 0 Å². The zero-order valence-corrected chi connectivity index (χ0v) is 15.7. The van der Waals surface area contributed by atoms with Gasteiger partial charge >= 0.3 is 0 Å². The van der Waals surface area contributed by atoms with Crippen LogP contribution >= 0.6 is 11.3 Å². The van der Waals surface area contributed by atoms with Gasteiger partial charge in [-0.15, -0.1) is 11.3 Å². The van der Waals surface area contributed by atoms with Gasteiger partial charge in [-0.3, -0.25) is 0 Å². The van der Waals surface area contributed by atoms with Crippen LogP contribution in [0.5, 0.6) is 0 Å². The lowest BCUT2D eigenvalue weighted by molar-refractivity contribution is 0.408. The van der Waals surface area contributed by atoms with Crippen LogP contribution in [0.4, 0.5) is 0 Å². The fourth-order valence-corrected chi connectivity index (χ4v) is 5.09. The van der Waals surface area contributed by atoms with Crippen LogP contribution in [0.15, 0.2) is 16.3 Å². The standard InChI is InChI=1S/C13H24N2O4S3/c1-4-6-10-15(21(3,16)17)11-9-14-22(18,19)13-8-7-12(5-2)20-13/h7-8,14H,4-6,9-11H2,1-3H3. The van der Waals surface area contributed by atoms with Gasteiger partial charge in [-0.25, -0.2) is 25.9 Å². The third kappa shape index (κ3) is 5.96. The summed E-state index contributed by atoms with van der Waals surface area (Å²) in [5.41, 5.74) is 0. The van der Waals surface area contributed by atoms with Crippen LogP contribution in [0.3, 0.4) is 0 Å². The molecule has 0 aliphatic heterocycles. The number of nitrogens with zero attached hydrogens (tertiary/aromatic N) is 1. The summed E-state index contributed by atoms with van der Waals surface area (Å²) >= 11 is 1.24. The minimum atomic E-state index is -3.56. The minimum absolute atomic E-state index is 0.0679. The Hall–Kier alpha value is -0.480. The molecule has 0 saturated heterocycles. The maximum Gasteiger partial charge on any atom is 0.250 e. The first-order valence-corrected chi connectivity index (χ1v) is 11.4. The summed E-state index contributed by atoms with van der Waals surface area (Å²) in [5, 5.41) is 0. The average Bonchev–Trinajstić information content (AvgIpc) is 2.90. The first kappa shape index (κ1) is 19.6. The summed E-state index contributed by atoms with van der Waals surface area (Å²) < 4.78 is 51.6. The fraction of sp³-hybridized carbons (Fsp3) is 0.692. The summed E-state index contributed by atoms with van der Waals surface area (Å²) in [7, 11) is -6.88. The highest BCUT2D eigenvalue weighted by Crippen LogP contribution is 2.21. The highest BCUT2D eigenvalue weighted by atomic mass is 32.2. The van der Waals surface area contributed by atoms with Crippen LogP contribution in [0.2, 0.25) is 0 Å². The molecular weight excluding hydrogens is 344 g/mol. The molecule has 22 heavy (non-hydrogen) atoms. The summed E-state index contributed by atoms with van der Waals surface area (Å²) in [5.74, 6) is 0. The second kappa shape index (κ2) is 8.39. The predicted molar refractivity (Wildman–Crippen MR) is 90.2 cm³/mol. The van der Waals surface area contributed by atoms with E-state index < -0.39 is 20.0 Å². The highest BCUT2D eigenvalue weighted by Gasteiger charge is 2.19. The molecule has 0 atom stereocenters. The molecule has 0 radical (unpaired) electrons. The van der Waals surface area contributed by atoms with Crippen LogP contribution in [0.25, 0.3) is 0 Å². The monoisotopic (exact) mass is 368 g/mol. The lowest BCUT2D eigenvalue weighted by Crippen LogP contribution is -2.38. The predicted octanol–water partition coefficient (Wildman–Crippen LogP) is 1.65. The molecule has 0 fully saturated rings. The third-order valence-electron chi connectivity index (χ3n) is 3.13. The quantitative estimate of drug-likeness (QED) is 0.681. The zero-order chi connectivity index (χ0) is 16.8. The molecule has 0 aromatic carbocycles. The van der Waals surface area contributed by atoms with Crippen molar-refractivity contribution in [2.45, 2.75) is 37.3 Å². The van der Waals surface area contributed by atoms with Gasteiger partial charge in [0.1, 0.15) is 4.21 Å². The molecular formula is C13H24N2O4S3. The Morgan fingerprint density at radius 1 is 1.14 bits per heavy atom. The second-order valence-corrected chi connectivity index (χ2v) is 10.1. The number of hydrogen-bond donors (Lipinski definition) is 1. The van der Waals surface area contributed by atoms with E-state index in [1.165, 1.54) is 15.6 Å². The number of rotatable bonds is 10. The van der Waals surface area contributed by atoms with E-state index in [-0.39, 0.29) is 17.3 Å². The summed E-state index contributed by atoms with van der Waals surface area (Å²) in [4.78, 5) is 1.00. The van der Waals surface area contributed by atoms with E-state index >= 15 is 0 Å². The normalized spacial score (nSPS) is 12.9. The van der Waals surface area contributed by atoms with Gasteiger partial charge in [-0.2, -0.15) is 0 Å². The van der Waals surface area contributed by atoms with Gasteiger partial charge < -0.3 is 0 Å². The fourth-order valence-electron chi connectivity index (χ4n) is 1.85. The van der Waals surface area contributed by atoms with Gasteiger partial charge in [0.2, 0.25) is 20.0 Å². The molecule has 1 heterocycles. The number of aryl methyl sites for hydroxylation is 1. The summed E-state index contributed by atoms with van der Waals surface area (Å²) in [6, 6.07) is 3.38. The van der Waals surface area contributed by atoms with E-state index in [0.717, 1.165) is 30.4 Å². The van der Waals surface area contributed by atoms with Crippen LogP contribution in [-0.2, 0) is 26.5 Å². The first-order chi connectivity index (χ1) is 10.2. The molecule has 0 aliphatic rings. The van der Waals surface area contributed by atoms with Crippen molar-refractivity contribution in [1.82, 2.24) is 9.03 Å². The lowest BCUT2D eigenvalue weighted by atomic mass is 10.3. The number of thiophene rings is 1. The Balaban J connectivity index is 2.63. The van der Waals surface area contributed by atoms with Crippen molar-refractivity contribution in [2.24, 2.45) is 0 Å². The SMILES string of the molecule is CCCCN(CCNS(=O)(=O)c1ccc(CC)s1)S(C)(=O)=O. The molecule has 9 heteroatoms. The highest BCUT2D eigenvalue weighted by molar-refractivity contribution is 7.91. The first-order valence-electron chi connectivity index (χ1n) is 7.24. The van der Waals surface area contributed by atoms with Crippen LogP contribution in [0, 0.1) is 0 Å². The Morgan fingerprint density at radius 3 is 2.32 bits per heavy atom. The molecule has 0 saturated carbocycles. The number of sulfonamides is 2. The van der Waals surface area contributed by atoms with E-state index in [1.807, 2.05) is 13.8 Å². The Bertz CT molecular complexity index is 665. The minimum Gasteiger partial charge on any atom is -0.213 e. The maximum atomic E-state index is 12.1. The number of nitrogens with one attached hydrogen (secondary N) is 1. The van der Waals surface area contributed by atoms with Crippen molar-refractivity contribution in [2.75, 3.05) is 25.9 Å². The molecule has 128 valence electrons. The molecule has 0 aliphatic carbocycles. The van der Waals surface area contributed by atoms with Gasteiger partial charge in [0.05, 0.1) is 6.26 Å². The van der Waals surface area contributed by atoms with Gasteiger partial charge in [-0.05, 0) is 25.0 Å². The molecule has 6 nitrogen and oxygen atoms in total. The summed E-state index contributed by atoms with van der Waals surface area (Å²) in [6.45, 7) is 4.57. The second-order valence-electron chi connectivity index (χ2n) is 4.99. The number of hydrogen-bond acceptors (Lipinski definition) is 5. The smallest absolute Gasteiger partial charge is 0.213 e. The van der Waals surface area contributed by atoms with Crippen molar-refractivity contribution < 1.29 is 16.8 Å². The van der Waals surface area contributed by atoms with Crippen molar-refractivity contribution in [1.29, 1.82) is 0 Å². The maximum absolute atomic E-state index is 12.1. The Labute approximate surface area is 137 Å². The van der Waals surface area contributed by atoms with E-state index in [1.54, 1.807) is 12.1 Å². The molecule has 1 rings (SSSR count). The summed E-state index contributed by atoms with van der Waals surface area (Å²) in [6.07, 6.45) is 3.57. The van der Waals surface area contributed by atoms with E-state index in [9.17, 15) is 16.8 Å². The molecule has 0 unspecified atom stereocenters. The Kier molecular flexibility index (Phi) is 7.47. The zero-order valence-electron chi connectivity index (χ0n) is 13.2. The van der Waals surface area contributed by atoms with Gasteiger partial charge in [0, 0.05) is 24.5 Å². The van der Waals surface area contributed by atoms with E-state index in [4.69, 9.17) is 0 Å². The van der Waals surface area contributed by atoms with Crippen LogP contribution in [-0.4, -0.2) is 47.0 Å². The largest absolute Gasteiger partial charge is 0.250 e. The van der Waals surface area contributed by atoms with Crippen molar-refractivity contribution >= 4 is 31.4 Å². The van der Waals surface area contributed by atoms with Gasteiger partial charge in [0.15, 0.2) is 0 Å². The van der Waals surface area contributed by atoms with Gasteiger partial charge in [0.25, 0.3) is 0 Å². The van der Waals surface area contributed by atoms with Crippen molar-refractivity contribution in [3.63, 3.8) is 0 Å². The molecule has 0 amide bonds. The van der Waals surface area contributed by atoms with Crippen LogP contribution < -0.4 is 4.72 Å². The third-order valence-corrected chi connectivity index (χ3v) is 7.62. The Morgan fingerprint density at radius 2 is 1.82 bits per heavy atom.